The molecule has 3 rings (SSSR count). The van der Waals surface area contributed by atoms with Crippen LogP contribution in [0.25, 0.3) is 0 Å². The summed E-state index contributed by atoms with van der Waals surface area (Å²) in [5.74, 6) is 0.0228. The SMILES string of the molecule is Cc1cc(CN2CCN(c3ccc(C(C)C)cc3)C2=O)cc(C)c1OC(C)(C)C(=O)O. The third-order valence-corrected chi connectivity index (χ3v) is 5.73. The van der Waals surface area contributed by atoms with Crippen LogP contribution < -0.4 is 9.64 Å². The fourth-order valence-corrected chi connectivity index (χ4v) is 3.82. The third kappa shape index (κ3) is 4.84. The lowest BCUT2D eigenvalue weighted by Crippen LogP contribution is -2.38. The number of carboxylic acids is 1. The molecule has 0 spiro atoms. The minimum Gasteiger partial charge on any atom is -0.478 e. The molecule has 1 N–H and O–H groups in total. The zero-order chi connectivity index (χ0) is 22.9. The van der Waals surface area contributed by atoms with E-state index in [-0.39, 0.29) is 6.03 Å². The maximum Gasteiger partial charge on any atom is 0.347 e. The summed E-state index contributed by atoms with van der Waals surface area (Å²) in [4.78, 5) is 28.1. The van der Waals surface area contributed by atoms with Gasteiger partial charge in [0.15, 0.2) is 5.60 Å². The van der Waals surface area contributed by atoms with E-state index in [1.165, 1.54) is 19.4 Å². The molecule has 1 aliphatic heterocycles. The normalized spacial score (nSPS) is 14.5. The topological polar surface area (TPSA) is 70.1 Å². The van der Waals surface area contributed by atoms with Crippen LogP contribution in [0, 0.1) is 13.8 Å². The van der Waals surface area contributed by atoms with Crippen molar-refractivity contribution >= 4 is 17.7 Å². The van der Waals surface area contributed by atoms with Crippen LogP contribution in [-0.2, 0) is 11.3 Å². The molecule has 0 aliphatic carbocycles. The average molecular weight is 425 g/mol. The summed E-state index contributed by atoms with van der Waals surface area (Å²) in [5.41, 5.74) is 3.58. The van der Waals surface area contributed by atoms with Gasteiger partial charge in [-0.15, -0.1) is 0 Å². The van der Waals surface area contributed by atoms with E-state index in [9.17, 15) is 14.7 Å². The number of rotatable bonds is 7. The predicted molar refractivity (Wildman–Crippen MR) is 122 cm³/mol. The molecule has 0 aromatic heterocycles. The van der Waals surface area contributed by atoms with Gasteiger partial charge in [0.05, 0.1) is 0 Å². The van der Waals surface area contributed by atoms with Crippen molar-refractivity contribution < 1.29 is 19.4 Å². The number of aliphatic carboxylic acids is 1. The van der Waals surface area contributed by atoms with Crippen molar-refractivity contribution in [3.05, 3.63) is 58.7 Å². The fraction of sp³-hybridized carbons (Fsp3) is 0.440. The van der Waals surface area contributed by atoms with E-state index in [4.69, 9.17) is 4.74 Å². The smallest absolute Gasteiger partial charge is 0.347 e. The Hall–Kier alpha value is -3.02. The van der Waals surface area contributed by atoms with Crippen molar-refractivity contribution in [2.75, 3.05) is 18.0 Å². The molecule has 1 heterocycles. The van der Waals surface area contributed by atoms with Crippen LogP contribution in [0.1, 0.15) is 55.9 Å². The number of aryl methyl sites for hydroxylation is 2. The Bertz CT molecular complexity index is 957. The second-order valence-electron chi connectivity index (χ2n) is 9.08. The predicted octanol–water partition coefficient (Wildman–Crippen LogP) is 5.11. The first kappa shape index (κ1) is 22.7. The highest BCUT2D eigenvalue weighted by Crippen LogP contribution is 2.30. The maximum absolute atomic E-state index is 13.0. The third-order valence-electron chi connectivity index (χ3n) is 5.73. The molecular weight excluding hydrogens is 392 g/mol. The minimum absolute atomic E-state index is 0.0000554. The van der Waals surface area contributed by atoms with Gasteiger partial charge >= 0.3 is 12.0 Å². The summed E-state index contributed by atoms with van der Waals surface area (Å²) in [6.45, 7) is 13.0. The molecular formula is C25H32N2O4. The Labute approximate surface area is 184 Å². The van der Waals surface area contributed by atoms with E-state index in [0.717, 1.165) is 22.4 Å². The van der Waals surface area contributed by atoms with Gasteiger partial charge in [-0.1, -0.05) is 38.1 Å². The van der Waals surface area contributed by atoms with Crippen LogP contribution in [0.15, 0.2) is 36.4 Å². The number of urea groups is 1. The lowest BCUT2D eigenvalue weighted by Gasteiger charge is -2.25. The molecule has 0 radical (unpaired) electrons. The molecule has 6 heteroatoms. The van der Waals surface area contributed by atoms with E-state index >= 15 is 0 Å². The summed E-state index contributed by atoms with van der Waals surface area (Å²) < 4.78 is 5.78. The number of carbonyl (C=O) groups excluding carboxylic acids is 1. The van der Waals surface area contributed by atoms with Crippen molar-refractivity contribution in [2.45, 2.75) is 59.6 Å². The molecule has 2 aromatic carbocycles. The lowest BCUT2D eigenvalue weighted by atomic mass is 10.0. The molecule has 0 unspecified atom stereocenters. The van der Waals surface area contributed by atoms with Crippen molar-refractivity contribution in [2.24, 2.45) is 0 Å². The summed E-state index contributed by atoms with van der Waals surface area (Å²) in [6, 6.07) is 12.1. The quantitative estimate of drug-likeness (QED) is 0.670. The monoisotopic (exact) mass is 424 g/mol. The van der Waals surface area contributed by atoms with Crippen molar-refractivity contribution in [1.82, 2.24) is 4.90 Å². The number of amides is 2. The number of carbonyl (C=O) groups is 2. The molecule has 0 atom stereocenters. The highest BCUT2D eigenvalue weighted by atomic mass is 16.5. The Morgan fingerprint density at radius 2 is 1.68 bits per heavy atom. The van der Waals surface area contributed by atoms with Crippen LogP contribution in [0.5, 0.6) is 5.75 Å². The summed E-state index contributed by atoms with van der Waals surface area (Å²) in [5, 5.41) is 9.34. The number of ether oxygens (including phenoxy) is 1. The van der Waals surface area contributed by atoms with Gasteiger partial charge in [-0.05, 0) is 68.0 Å². The first-order chi connectivity index (χ1) is 14.5. The molecule has 6 nitrogen and oxygen atoms in total. The largest absolute Gasteiger partial charge is 0.478 e. The molecule has 1 aliphatic rings. The number of nitrogens with zero attached hydrogens (tertiary/aromatic N) is 2. The zero-order valence-corrected chi connectivity index (χ0v) is 19.2. The molecule has 1 saturated heterocycles. The van der Waals surface area contributed by atoms with Crippen molar-refractivity contribution in [3.8, 4) is 5.75 Å². The van der Waals surface area contributed by atoms with E-state index in [0.29, 0.717) is 31.3 Å². The Balaban J connectivity index is 1.73. The van der Waals surface area contributed by atoms with E-state index in [1.54, 1.807) is 0 Å². The second-order valence-corrected chi connectivity index (χ2v) is 9.08. The van der Waals surface area contributed by atoms with Crippen LogP contribution in [-0.4, -0.2) is 40.7 Å². The minimum atomic E-state index is -1.31. The molecule has 0 bridgehead atoms. The first-order valence-electron chi connectivity index (χ1n) is 10.7. The molecule has 2 aromatic rings. The first-order valence-corrected chi connectivity index (χ1v) is 10.7. The van der Waals surface area contributed by atoms with Gasteiger partial charge in [-0.3, -0.25) is 4.90 Å². The molecule has 0 saturated carbocycles. The number of hydrogen-bond donors (Lipinski definition) is 1. The zero-order valence-electron chi connectivity index (χ0n) is 19.2. The van der Waals surface area contributed by atoms with Crippen molar-refractivity contribution in [3.63, 3.8) is 0 Å². The average Bonchev–Trinajstić information content (AvgIpc) is 3.05. The summed E-state index contributed by atoms with van der Waals surface area (Å²) in [6.07, 6.45) is 0. The van der Waals surface area contributed by atoms with Gasteiger partial charge in [0.1, 0.15) is 5.75 Å². The standard InChI is InChI=1S/C25H32N2O4/c1-16(2)20-7-9-21(10-8-20)27-12-11-26(24(27)30)15-19-13-17(3)22(18(4)14-19)31-25(5,6)23(28)29/h7-10,13-14,16H,11-12,15H2,1-6H3,(H,28,29). The molecule has 166 valence electrons. The highest BCUT2D eigenvalue weighted by molar-refractivity contribution is 5.94. The molecule has 1 fully saturated rings. The van der Waals surface area contributed by atoms with Gasteiger partial charge < -0.3 is 14.7 Å². The molecule has 2 amide bonds. The van der Waals surface area contributed by atoms with E-state index in [1.807, 2.05) is 47.9 Å². The van der Waals surface area contributed by atoms with Gasteiger partial charge in [0, 0.05) is 25.3 Å². The highest BCUT2D eigenvalue weighted by Gasteiger charge is 2.32. The number of carboxylic acid groups (broad SMARTS) is 1. The summed E-state index contributed by atoms with van der Waals surface area (Å²) in [7, 11) is 0. The maximum atomic E-state index is 13.0. The van der Waals surface area contributed by atoms with Crippen LogP contribution in [0.4, 0.5) is 10.5 Å². The Morgan fingerprint density at radius 1 is 1.10 bits per heavy atom. The van der Waals surface area contributed by atoms with E-state index in [2.05, 4.69) is 26.0 Å². The number of anilines is 1. The van der Waals surface area contributed by atoms with Crippen LogP contribution in [0.3, 0.4) is 0 Å². The summed E-state index contributed by atoms with van der Waals surface area (Å²) >= 11 is 0. The van der Waals surface area contributed by atoms with Crippen LogP contribution >= 0.6 is 0 Å². The van der Waals surface area contributed by atoms with Gasteiger partial charge in [-0.2, -0.15) is 0 Å². The van der Waals surface area contributed by atoms with Gasteiger partial charge in [-0.25, -0.2) is 9.59 Å². The Morgan fingerprint density at radius 3 is 2.19 bits per heavy atom. The second kappa shape index (κ2) is 8.61. The number of hydrogen-bond acceptors (Lipinski definition) is 3. The van der Waals surface area contributed by atoms with Gasteiger partial charge in [0.2, 0.25) is 0 Å². The Kier molecular flexibility index (Phi) is 6.30. The van der Waals surface area contributed by atoms with Crippen molar-refractivity contribution in [1.29, 1.82) is 0 Å². The molecule has 31 heavy (non-hydrogen) atoms. The number of benzene rings is 2. The lowest BCUT2D eigenvalue weighted by molar-refractivity contribution is -0.152. The van der Waals surface area contributed by atoms with Gasteiger partial charge in [0.25, 0.3) is 0 Å². The fourth-order valence-electron chi connectivity index (χ4n) is 3.82. The van der Waals surface area contributed by atoms with E-state index < -0.39 is 11.6 Å². The van der Waals surface area contributed by atoms with Crippen LogP contribution in [0.2, 0.25) is 0 Å².